The van der Waals surface area contributed by atoms with Gasteiger partial charge in [-0.15, -0.1) is 11.3 Å². The zero-order valence-electron chi connectivity index (χ0n) is 19.1. The van der Waals surface area contributed by atoms with Gasteiger partial charge in [0.25, 0.3) is 5.92 Å². The van der Waals surface area contributed by atoms with Gasteiger partial charge in [0.2, 0.25) is 11.9 Å². The average molecular weight is 501 g/mol. The lowest BCUT2D eigenvalue weighted by Gasteiger charge is -2.24. The van der Waals surface area contributed by atoms with Gasteiger partial charge in [0, 0.05) is 41.2 Å². The van der Waals surface area contributed by atoms with E-state index < -0.39 is 30.8 Å². The number of anilines is 4. The van der Waals surface area contributed by atoms with Gasteiger partial charge < -0.3 is 15.5 Å². The Hall–Kier alpha value is -3.15. The van der Waals surface area contributed by atoms with Gasteiger partial charge in [-0.05, 0) is 32.1 Å². The van der Waals surface area contributed by atoms with Gasteiger partial charge in [-0.2, -0.15) is 10.1 Å². The highest BCUT2D eigenvalue weighted by Gasteiger charge is 2.49. The third-order valence-electron chi connectivity index (χ3n) is 7.05. The predicted octanol–water partition coefficient (Wildman–Crippen LogP) is 4.40. The number of halogens is 2. The van der Waals surface area contributed by atoms with Crippen molar-refractivity contribution < 1.29 is 13.6 Å². The molecule has 6 rings (SSSR count). The maximum atomic E-state index is 14.5. The molecule has 3 aromatic heterocycles. The van der Waals surface area contributed by atoms with Crippen LogP contribution in [-0.2, 0) is 17.6 Å². The highest BCUT2D eigenvalue weighted by molar-refractivity contribution is 7.13. The Bertz CT molecular complexity index is 1220. The number of thiazole rings is 1. The summed E-state index contributed by atoms with van der Waals surface area (Å²) in [5, 5.41) is 15.6. The Kier molecular flexibility index (Phi) is 5.62. The van der Waals surface area contributed by atoms with Crippen LogP contribution in [0.3, 0.4) is 0 Å². The van der Waals surface area contributed by atoms with E-state index in [2.05, 4.69) is 35.8 Å². The normalized spacial score (nSPS) is 21.4. The van der Waals surface area contributed by atoms with Crippen LogP contribution in [0.1, 0.15) is 61.4 Å². The lowest BCUT2D eigenvalue weighted by molar-refractivity contribution is -0.118. The van der Waals surface area contributed by atoms with Gasteiger partial charge >= 0.3 is 0 Å². The summed E-state index contributed by atoms with van der Waals surface area (Å²) in [6.45, 7) is -0.616. The Morgan fingerprint density at radius 1 is 1.20 bits per heavy atom. The number of H-pyrrole nitrogens is 1. The molecule has 2 aliphatic carbocycles. The minimum atomic E-state index is -3.03. The Balaban J connectivity index is 1.29. The van der Waals surface area contributed by atoms with Crippen LogP contribution >= 0.6 is 11.3 Å². The second kappa shape index (κ2) is 8.81. The number of hydrogen-bond acceptors (Lipinski definition) is 8. The minimum absolute atomic E-state index is 0.135. The fourth-order valence-electron chi connectivity index (χ4n) is 5.35. The van der Waals surface area contributed by atoms with Gasteiger partial charge in [0.05, 0.1) is 12.2 Å². The van der Waals surface area contributed by atoms with Crippen LogP contribution in [0, 0.1) is 0 Å². The Morgan fingerprint density at radius 2 is 2.06 bits per heavy atom. The molecule has 3 aliphatic rings. The molecule has 0 aromatic carbocycles. The number of alkyl halides is 2. The van der Waals surface area contributed by atoms with E-state index in [-0.39, 0.29) is 5.95 Å². The summed E-state index contributed by atoms with van der Waals surface area (Å²) >= 11 is 1.24. The lowest BCUT2D eigenvalue weighted by Crippen LogP contribution is -2.41. The first-order valence-corrected chi connectivity index (χ1v) is 12.9. The molecule has 4 heterocycles. The molecule has 2 fully saturated rings. The summed E-state index contributed by atoms with van der Waals surface area (Å²) in [5.41, 5.74) is 2.92. The van der Waals surface area contributed by atoms with Crippen LogP contribution in [0.2, 0.25) is 0 Å². The summed E-state index contributed by atoms with van der Waals surface area (Å²) in [6.07, 6.45) is 8.19. The van der Waals surface area contributed by atoms with Crippen molar-refractivity contribution in [1.82, 2.24) is 25.1 Å². The first-order valence-electron chi connectivity index (χ1n) is 12.0. The molecule has 184 valence electrons. The molecule has 3 N–H and O–H groups in total. The van der Waals surface area contributed by atoms with E-state index in [1.807, 2.05) is 6.07 Å². The van der Waals surface area contributed by atoms with E-state index in [0.717, 1.165) is 49.1 Å². The molecular formula is C23H26F2N8OS. The average Bonchev–Trinajstić information content (AvgIpc) is 3.63. The van der Waals surface area contributed by atoms with Crippen molar-refractivity contribution in [2.24, 2.45) is 0 Å². The van der Waals surface area contributed by atoms with Crippen LogP contribution in [0.25, 0.3) is 0 Å². The SMILES string of the molecule is O=C(Nc1nccs1)C1CC(F)(F)CN1c1nc2c(c(Nc3cc(C4CCCC4)[nH]n3)n1)CCC2. The van der Waals surface area contributed by atoms with Gasteiger partial charge in [-0.1, -0.05) is 12.8 Å². The molecule has 0 radical (unpaired) electrons. The summed E-state index contributed by atoms with van der Waals surface area (Å²) in [4.78, 5) is 27.5. The number of amides is 1. The number of nitrogens with one attached hydrogen (secondary N) is 3. The number of carbonyl (C=O) groups excluding carboxylic acids is 1. The predicted molar refractivity (Wildman–Crippen MR) is 129 cm³/mol. The topological polar surface area (TPSA) is 112 Å². The monoisotopic (exact) mass is 500 g/mol. The molecule has 12 heteroatoms. The number of aromatic nitrogens is 5. The van der Waals surface area contributed by atoms with Crippen LogP contribution in [0.4, 0.5) is 31.5 Å². The summed E-state index contributed by atoms with van der Waals surface area (Å²) in [5.74, 6) is -1.72. The number of carbonyl (C=O) groups is 1. The molecule has 1 amide bonds. The highest BCUT2D eigenvalue weighted by Crippen LogP contribution is 2.38. The van der Waals surface area contributed by atoms with Gasteiger partial charge in [0.1, 0.15) is 11.9 Å². The van der Waals surface area contributed by atoms with Crippen LogP contribution in [0.15, 0.2) is 17.6 Å². The van der Waals surface area contributed by atoms with Crippen LogP contribution < -0.4 is 15.5 Å². The highest BCUT2D eigenvalue weighted by atomic mass is 32.1. The third kappa shape index (κ3) is 4.46. The standard InChI is InChI=1S/C23H26F2N8OS/c24-23(25)11-17(20(34)30-22-26-8-9-35-22)33(12-23)21-27-15-7-3-6-14(15)19(29-21)28-18-10-16(31-32-18)13-4-1-2-5-13/h8-10,13,17H,1-7,11-12H2,(H,26,30,34)(H2,27,28,29,31,32). The minimum Gasteiger partial charge on any atom is -0.323 e. The first kappa shape index (κ1) is 22.3. The molecular weight excluding hydrogens is 474 g/mol. The third-order valence-corrected chi connectivity index (χ3v) is 7.74. The van der Waals surface area contributed by atoms with Gasteiger partial charge in [-0.25, -0.2) is 18.7 Å². The second-order valence-corrected chi connectivity index (χ2v) is 10.4. The van der Waals surface area contributed by atoms with E-state index in [1.165, 1.54) is 29.1 Å². The van der Waals surface area contributed by atoms with Crippen molar-refractivity contribution in [3.8, 4) is 0 Å². The van der Waals surface area contributed by atoms with Crippen molar-refractivity contribution in [2.45, 2.75) is 69.2 Å². The maximum Gasteiger partial charge on any atom is 0.267 e. The van der Waals surface area contributed by atoms with Crippen molar-refractivity contribution in [1.29, 1.82) is 0 Å². The molecule has 1 unspecified atom stereocenters. The molecule has 9 nitrogen and oxygen atoms in total. The molecule has 1 aliphatic heterocycles. The smallest absolute Gasteiger partial charge is 0.267 e. The summed E-state index contributed by atoms with van der Waals surface area (Å²) in [6, 6.07) is 0.911. The second-order valence-electron chi connectivity index (χ2n) is 9.50. The van der Waals surface area contributed by atoms with Gasteiger partial charge in [0.15, 0.2) is 10.9 Å². The molecule has 3 aromatic rings. The number of aromatic amines is 1. The lowest BCUT2D eigenvalue weighted by atomic mass is 10.0. The van der Waals surface area contributed by atoms with Crippen molar-refractivity contribution in [2.75, 3.05) is 22.1 Å². The summed E-state index contributed by atoms with van der Waals surface area (Å²) < 4.78 is 29.0. The largest absolute Gasteiger partial charge is 0.323 e. The number of aryl methyl sites for hydroxylation is 1. The fourth-order valence-corrected chi connectivity index (χ4v) is 5.89. The van der Waals surface area contributed by atoms with E-state index >= 15 is 0 Å². The van der Waals surface area contributed by atoms with Crippen molar-refractivity contribution >= 4 is 40.0 Å². The Labute approximate surface area is 204 Å². The van der Waals surface area contributed by atoms with Crippen LogP contribution in [0.5, 0.6) is 0 Å². The first-order chi connectivity index (χ1) is 16.9. The molecule has 1 atom stereocenters. The summed E-state index contributed by atoms with van der Waals surface area (Å²) in [7, 11) is 0. The molecule has 35 heavy (non-hydrogen) atoms. The number of fused-ring (bicyclic) bond motifs is 1. The zero-order valence-corrected chi connectivity index (χ0v) is 19.9. The van der Waals surface area contributed by atoms with E-state index in [9.17, 15) is 13.6 Å². The number of nitrogens with zero attached hydrogens (tertiary/aromatic N) is 5. The quantitative estimate of drug-likeness (QED) is 0.460. The van der Waals surface area contributed by atoms with E-state index in [4.69, 9.17) is 0 Å². The number of rotatable bonds is 6. The maximum absolute atomic E-state index is 14.5. The van der Waals surface area contributed by atoms with Crippen molar-refractivity contribution in [3.05, 3.63) is 34.6 Å². The molecule has 1 saturated carbocycles. The van der Waals surface area contributed by atoms with E-state index in [1.54, 1.807) is 11.6 Å². The van der Waals surface area contributed by atoms with Crippen LogP contribution in [-0.4, -0.2) is 49.6 Å². The van der Waals surface area contributed by atoms with Gasteiger partial charge in [-0.3, -0.25) is 9.89 Å². The zero-order chi connectivity index (χ0) is 24.0. The molecule has 0 spiro atoms. The fraction of sp³-hybridized carbons (Fsp3) is 0.522. The Morgan fingerprint density at radius 3 is 2.86 bits per heavy atom. The van der Waals surface area contributed by atoms with E-state index in [0.29, 0.717) is 22.7 Å². The number of hydrogen-bond donors (Lipinski definition) is 3. The van der Waals surface area contributed by atoms with Crippen molar-refractivity contribution in [3.63, 3.8) is 0 Å². The molecule has 0 bridgehead atoms. The molecule has 1 saturated heterocycles.